The SMILES string of the molecule is C[C@H]1C(=O)N(CCCN2CCCCC2)CCN1c1cccc(OC(F)(F)F)c1. The number of ether oxygens (including phenoxy) is 1. The zero-order valence-corrected chi connectivity index (χ0v) is 16.2. The van der Waals surface area contributed by atoms with Crippen LogP contribution in [0.15, 0.2) is 24.3 Å². The third-order valence-corrected chi connectivity index (χ3v) is 5.48. The number of nitrogens with zero attached hydrogens (tertiary/aromatic N) is 3. The smallest absolute Gasteiger partial charge is 0.406 e. The molecule has 5 nitrogen and oxygen atoms in total. The van der Waals surface area contributed by atoms with Crippen LogP contribution in [0.4, 0.5) is 18.9 Å². The lowest BCUT2D eigenvalue weighted by atomic mass is 10.1. The van der Waals surface area contributed by atoms with Crippen molar-refractivity contribution in [1.82, 2.24) is 9.80 Å². The van der Waals surface area contributed by atoms with Crippen molar-refractivity contribution < 1.29 is 22.7 Å². The second kappa shape index (κ2) is 9.03. The Hall–Kier alpha value is -1.96. The Bertz CT molecular complexity index is 662. The minimum Gasteiger partial charge on any atom is -0.406 e. The Balaban J connectivity index is 1.54. The Labute approximate surface area is 164 Å². The molecule has 8 heteroatoms. The van der Waals surface area contributed by atoms with Crippen molar-refractivity contribution >= 4 is 11.6 Å². The van der Waals surface area contributed by atoms with Crippen molar-refractivity contribution in [1.29, 1.82) is 0 Å². The van der Waals surface area contributed by atoms with Gasteiger partial charge in [-0.05, 0) is 58.0 Å². The van der Waals surface area contributed by atoms with E-state index >= 15 is 0 Å². The molecule has 28 heavy (non-hydrogen) atoms. The van der Waals surface area contributed by atoms with Gasteiger partial charge in [-0.25, -0.2) is 0 Å². The zero-order chi connectivity index (χ0) is 20.1. The van der Waals surface area contributed by atoms with Crippen molar-refractivity contribution in [2.24, 2.45) is 0 Å². The van der Waals surface area contributed by atoms with Crippen LogP contribution in [0.5, 0.6) is 5.75 Å². The molecule has 2 saturated heterocycles. The summed E-state index contributed by atoms with van der Waals surface area (Å²) < 4.78 is 41.4. The van der Waals surface area contributed by atoms with E-state index in [1.165, 1.54) is 37.5 Å². The highest BCUT2D eigenvalue weighted by Gasteiger charge is 2.33. The van der Waals surface area contributed by atoms with Gasteiger partial charge in [-0.2, -0.15) is 0 Å². The first-order valence-electron chi connectivity index (χ1n) is 9.97. The Morgan fingerprint density at radius 1 is 1.07 bits per heavy atom. The number of piperazine rings is 1. The van der Waals surface area contributed by atoms with Crippen LogP contribution in [0.25, 0.3) is 0 Å². The Kier molecular flexibility index (Phi) is 6.69. The first-order valence-corrected chi connectivity index (χ1v) is 9.97. The van der Waals surface area contributed by atoms with Crippen LogP contribution < -0.4 is 9.64 Å². The fraction of sp³-hybridized carbons (Fsp3) is 0.650. The van der Waals surface area contributed by atoms with Crippen LogP contribution in [0.1, 0.15) is 32.6 Å². The summed E-state index contributed by atoms with van der Waals surface area (Å²) in [5, 5.41) is 0. The third-order valence-electron chi connectivity index (χ3n) is 5.48. The van der Waals surface area contributed by atoms with Crippen molar-refractivity contribution in [2.45, 2.75) is 45.0 Å². The highest BCUT2D eigenvalue weighted by molar-refractivity contribution is 5.86. The highest BCUT2D eigenvalue weighted by Crippen LogP contribution is 2.29. The van der Waals surface area contributed by atoms with Gasteiger partial charge in [-0.1, -0.05) is 12.5 Å². The Morgan fingerprint density at radius 2 is 1.82 bits per heavy atom. The molecular weight excluding hydrogens is 371 g/mol. The molecule has 156 valence electrons. The molecule has 1 amide bonds. The molecule has 3 rings (SSSR count). The number of carbonyl (C=O) groups is 1. The molecule has 0 unspecified atom stereocenters. The first-order chi connectivity index (χ1) is 13.3. The summed E-state index contributed by atoms with van der Waals surface area (Å²) in [6, 6.07) is 5.41. The summed E-state index contributed by atoms with van der Waals surface area (Å²) in [5.74, 6) is -0.249. The predicted molar refractivity (Wildman–Crippen MR) is 101 cm³/mol. The lowest BCUT2D eigenvalue weighted by Crippen LogP contribution is -2.56. The molecule has 0 N–H and O–H groups in total. The number of alkyl halides is 3. The van der Waals surface area contributed by atoms with Gasteiger partial charge < -0.3 is 19.4 Å². The van der Waals surface area contributed by atoms with Gasteiger partial charge in [0.2, 0.25) is 5.91 Å². The second-order valence-electron chi connectivity index (χ2n) is 7.50. The van der Waals surface area contributed by atoms with Crippen LogP contribution in [0.2, 0.25) is 0 Å². The average molecular weight is 399 g/mol. The van der Waals surface area contributed by atoms with E-state index in [9.17, 15) is 18.0 Å². The third kappa shape index (κ3) is 5.53. The van der Waals surface area contributed by atoms with Gasteiger partial charge in [0.1, 0.15) is 11.8 Å². The summed E-state index contributed by atoms with van der Waals surface area (Å²) in [7, 11) is 0. The molecule has 0 aliphatic carbocycles. The van der Waals surface area contributed by atoms with E-state index in [0.29, 0.717) is 18.8 Å². The van der Waals surface area contributed by atoms with Gasteiger partial charge >= 0.3 is 6.36 Å². The lowest BCUT2D eigenvalue weighted by Gasteiger charge is -2.41. The summed E-state index contributed by atoms with van der Waals surface area (Å²) in [4.78, 5) is 18.9. The topological polar surface area (TPSA) is 36.0 Å². The van der Waals surface area contributed by atoms with Crippen LogP contribution in [0, 0.1) is 0 Å². The van der Waals surface area contributed by atoms with Crippen LogP contribution in [-0.2, 0) is 4.79 Å². The molecule has 2 aliphatic heterocycles. The zero-order valence-electron chi connectivity index (χ0n) is 16.2. The number of rotatable bonds is 6. The maximum absolute atomic E-state index is 12.8. The number of amides is 1. The molecule has 2 heterocycles. The number of hydrogen-bond acceptors (Lipinski definition) is 4. The van der Waals surface area contributed by atoms with Crippen LogP contribution >= 0.6 is 0 Å². The number of likely N-dealkylation sites (tertiary alicyclic amines) is 1. The van der Waals surface area contributed by atoms with E-state index in [-0.39, 0.29) is 11.7 Å². The van der Waals surface area contributed by atoms with Gasteiger partial charge in [0, 0.05) is 31.4 Å². The minimum atomic E-state index is -4.73. The molecule has 0 saturated carbocycles. The summed E-state index contributed by atoms with van der Waals surface area (Å²) in [5.41, 5.74) is 0.565. The number of carbonyl (C=O) groups excluding carboxylic acids is 1. The van der Waals surface area contributed by atoms with E-state index in [0.717, 1.165) is 32.6 Å². The lowest BCUT2D eigenvalue weighted by molar-refractivity contribution is -0.274. The molecule has 2 aliphatic rings. The van der Waals surface area contributed by atoms with E-state index < -0.39 is 12.4 Å². The fourth-order valence-corrected chi connectivity index (χ4v) is 4.03. The number of piperidine rings is 1. The van der Waals surface area contributed by atoms with Crippen molar-refractivity contribution in [3.8, 4) is 5.75 Å². The fourth-order valence-electron chi connectivity index (χ4n) is 4.03. The molecular formula is C20H28F3N3O2. The first kappa shape index (κ1) is 20.8. The van der Waals surface area contributed by atoms with E-state index in [1.54, 1.807) is 13.0 Å². The van der Waals surface area contributed by atoms with Crippen LogP contribution in [-0.4, -0.2) is 67.4 Å². The summed E-state index contributed by atoms with van der Waals surface area (Å²) >= 11 is 0. The maximum atomic E-state index is 12.8. The second-order valence-corrected chi connectivity index (χ2v) is 7.50. The number of benzene rings is 1. The molecule has 2 fully saturated rings. The quantitative estimate of drug-likeness (QED) is 0.734. The molecule has 0 bridgehead atoms. The van der Waals surface area contributed by atoms with Gasteiger partial charge in [-0.3, -0.25) is 4.79 Å². The van der Waals surface area contributed by atoms with Gasteiger partial charge in [-0.15, -0.1) is 13.2 Å². The van der Waals surface area contributed by atoms with Gasteiger partial charge in [0.15, 0.2) is 0 Å². The van der Waals surface area contributed by atoms with Crippen molar-refractivity contribution in [3.05, 3.63) is 24.3 Å². The maximum Gasteiger partial charge on any atom is 0.573 e. The van der Waals surface area contributed by atoms with Gasteiger partial charge in [0.25, 0.3) is 0 Å². The van der Waals surface area contributed by atoms with E-state index in [1.807, 2.05) is 9.80 Å². The predicted octanol–water partition coefficient (Wildman–Crippen LogP) is 3.50. The normalized spacial score (nSPS) is 21.9. The van der Waals surface area contributed by atoms with Crippen molar-refractivity contribution in [3.63, 3.8) is 0 Å². The highest BCUT2D eigenvalue weighted by atomic mass is 19.4. The number of anilines is 1. The monoisotopic (exact) mass is 399 g/mol. The molecule has 0 aromatic heterocycles. The summed E-state index contributed by atoms with van der Waals surface area (Å²) in [6.45, 7) is 7.00. The molecule has 1 aromatic rings. The molecule has 0 spiro atoms. The molecule has 0 radical (unpaired) electrons. The number of hydrogen-bond donors (Lipinski definition) is 0. The van der Waals surface area contributed by atoms with E-state index in [2.05, 4.69) is 9.64 Å². The molecule has 1 aromatic carbocycles. The standard InChI is InChI=1S/C20H28F3N3O2/c1-16-19(27)25(12-6-11-24-9-3-2-4-10-24)13-14-26(16)17-7-5-8-18(15-17)28-20(21,22)23/h5,7-8,15-16H,2-4,6,9-14H2,1H3/t16-/m0/s1. The Morgan fingerprint density at radius 3 is 2.54 bits per heavy atom. The molecule has 1 atom stereocenters. The van der Waals surface area contributed by atoms with E-state index in [4.69, 9.17) is 0 Å². The minimum absolute atomic E-state index is 0.0204. The largest absolute Gasteiger partial charge is 0.573 e. The van der Waals surface area contributed by atoms with Crippen molar-refractivity contribution in [2.75, 3.05) is 44.2 Å². The summed E-state index contributed by atoms with van der Waals surface area (Å²) in [6.07, 6.45) is 0.0433. The van der Waals surface area contributed by atoms with Crippen LogP contribution in [0.3, 0.4) is 0 Å². The van der Waals surface area contributed by atoms with Gasteiger partial charge in [0.05, 0.1) is 0 Å². The average Bonchev–Trinajstić information content (AvgIpc) is 2.65. The number of halogens is 3.